The number of carbonyl (C=O) groups excluding carboxylic acids is 1. The molecule has 0 aliphatic heterocycles. The number of pyridine rings is 1. The van der Waals surface area contributed by atoms with E-state index in [1.54, 1.807) is 30.5 Å². The van der Waals surface area contributed by atoms with Crippen LogP contribution >= 0.6 is 11.6 Å². The lowest BCUT2D eigenvalue weighted by atomic mass is 9.93. The fourth-order valence-electron chi connectivity index (χ4n) is 4.32. The minimum Gasteiger partial charge on any atom is -0.361 e. The van der Waals surface area contributed by atoms with Gasteiger partial charge in [0.15, 0.2) is 0 Å². The standard InChI is InChI=1S/C22H24ClN3O/c1-3-18(25-21(27)14-7-9-15(23)10-8-14)20-16-12-22(2,13-17(16)20)26-19-6-4-5-11-24-19/h4-12,17-18,20H,3,13H2,1-2H3,(H,24,26)(H,25,27)/t17?,18?,20-,22?/m0/s1. The highest BCUT2D eigenvalue weighted by Gasteiger charge is 2.55. The molecular formula is C22H24ClN3O. The Kier molecular flexibility index (Phi) is 4.68. The molecule has 2 aromatic rings. The maximum atomic E-state index is 12.6. The van der Waals surface area contributed by atoms with Gasteiger partial charge in [-0.2, -0.15) is 0 Å². The molecular weight excluding hydrogens is 358 g/mol. The van der Waals surface area contributed by atoms with Gasteiger partial charge in [-0.3, -0.25) is 4.79 Å². The average molecular weight is 382 g/mol. The fourth-order valence-corrected chi connectivity index (χ4v) is 4.45. The highest BCUT2D eigenvalue weighted by atomic mass is 35.5. The van der Waals surface area contributed by atoms with Gasteiger partial charge >= 0.3 is 0 Å². The Balaban J connectivity index is 1.41. The second-order valence-corrected chi connectivity index (χ2v) is 8.17. The Hall–Kier alpha value is -2.33. The van der Waals surface area contributed by atoms with Gasteiger partial charge in [-0.25, -0.2) is 4.98 Å². The monoisotopic (exact) mass is 381 g/mol. The second-order valence-electron chi connectivity index (χ2n) is 7.73. The van der Waals surface area contributed by atoms with Gasteiger partial charge in [0.2, 0.25) is 0 Å². The molecule has 1 fully saturated rings. The average Bonchev–Trinajstić information content (AvgIpc) is 3.17. The summed E-state index contributed by atoms with van der Waals surface area (Å²) in [4.78, 5) is 16.9. The lowest BCUT2D eigenvalue weighted by Crippen LogP contribution is -2.38. The number of nitrogens with zero attached hydrogens (tertiary/aromatic N) is 1. The molecule has 5 heteroatoms. The number of hydrogen-bond acceptors (Lipinski definition) is 3. The van der Waals surface area contributed by atoms with Crippen molar-refractivity contribution in [2.45, 2.75) is 38.3 Å². The molecule has 1 aromatic carbocycles. The summed E-state index contributed by atoms with van der Waals surface area (Å²) in [5.74, 6) is 1.86. The van der Waals surface area contributed by atoms with Crippen molar-refractivity contribution < 1.29 is 4.79 Å². The first-order valence-corrected chi connectivity index (χ1v) is 9.85. The molecule has 140 valence electrons. The number of hydrogen-bond donors (Lipinski definition) is 2. The van der Waals surface area contributed by atoms with Crippen molar-refractivity contribution in [2.24, 2.45) is 11.8 Å². The summed E-state index contributed by atoms with van der Waals surface area (Å²) < 4.78 is 0. The van der Waals surface area contributed by atoms with E-state index >= 15 is 0 Å². The van der Waals surface area contributed by atoms with Gasteiger partial charge in [0, 0.05) is 28.7 Å². The van der Waals surface area contributed by atoms with Gasteiger partial charge < -0.3 is 10.6 Å². The maximum absolute atomic E-state index is 12.6. The van der Waals surface area contributed by atoms with E-state index in [1.807, 2.05) is 18.2 Å². The van der Waals surface area contributed by atoms with Crippen molar-refractivity contribution in [3.8, 4) is 0 Å². The zero-order valence-corrected chi connectivity index (χ0v) is 16.3. The van der Waals surface area contributed by atoms with Gasteiger partial charge in [-0.1, -0.05) is 36.2 Å². The maximum Gasteiger partial charge on any atom is 0.251 e. The lowest BCUT2D eigenvalue weighted by molar-refractivity contribution is 0.0930. The molecule has 2 N–H and O–H groups in total. The zero-order valence-electron chi connectivity index (χ0n) is 15.6. The van der Waals surface area contributed by atoms with Crippen LogP contribution in [-0.4, -0.2) is 22.5 Å². The van der Waals surface area contributed by atoms with Gasteiger partial charge in [0.05, 0.1) is 5.54 Å². The predicted octanol–water partition coefficient (Wildman–Crippen LogP) is 4.69. The van der Waals surface area contributed by atoms with E-state index < -0.39 is 0 Å². The summed E-state index contributed by atoms with van der Waals surface area (Å²) in [5, 5.41) is 7.39. The lowest BCUT2D eigenvalue weighted by Gasteiger charge is -2.28. The van der Waals surface area contributed by atoms with Gasteiger partial charge in [0.25, 0.3) is 5.91 Å². The molecule has 1 amide bonds. The van der Waals surface area contributed by atoms with Crippen molar-refractivity contribution >= 4 is 23.3 Å². The SMILES string of the molecule is CCC(NC(=O)c1ccc(Cl)cc1)[C@H]1C2=CC(C)(Nc3ccccn3)CC21. The number of carbonyl (C=O) groups is 1. The molecule has 1 heterocycles. The van der Waals surface area contributed by atoms with E-state index in [0.29, 0.717) is 22.4 Å². The molecule has 2 aliphatic carbocycles. The summed E-state index contributed by atoms with van der Waals surface area (Å²) in [6.07, 6.45) is 6.10. The van der Waals surface area contributed by atoms with Crippen LogP contribution in [0.4, 0.5) is 5.82 Å². The van der Waals surface area contributed by atoms with Gasteiger partial charge in [-0.15, -0.1) is 0 Å². The van der Waals surface area contributed by atoms with Gasteiger partial charge in [-0.05, 0) is 62.1 Å². The van der Waals surface area contributed by atoms with Crippen molar-refractivity contribution in [1.29, 1.82) is 0 Å². The molecule has 4 atom stereocenters. The third kappa shape index (κ3) is 3.72. The fraction of sp³-hybridized carbons (Fsp3) is 0.364. The number of anilines is 1. The first-order valence-electron chi connectivity index (χ1n) is 9.47. The first kappa shape index (κ1) is 18.1. The van der Waals surface area contributed by atoms with Crippen molar-refractivity contribution in [1.82, 2.24) is 10.3 Å². The van der Waals surface area contributed by atoms with E-state index in [1.165, 1.54) is 5.57 Å². The number of rotatable bonds is 6. The van der Waals surface area contributed by atoms with Crippen molar-refractivity contribution in [3.63, 3.8) is 0 Å². The highest BCUT2D eigenvalue weighted by molar-refractivity contribution is 6.30. The summed E-state index contributed by atoms with van der Waals surface area (Å²) in [6.45, 7) is 4.35. The Morgan fingerprint density at radius 3 is 2.67 bits per heavy atom. The van der Waals surface area contributed by atoms with Crippen molar-refractivity contribution in [3.05, 3.63) is 70.9 Å². The number of nitrogens with one attached hydrogen (secondary N) is 2. The zero-order chi connectivity index (χ0) is 19.0. The third-order valence-corrected chi connectivity index (χ3v) is 5.89. The molecule has 0 saturated heterocycles. The molecule has 0 bridgehead atoms. The van der Waals surface area contributed by atoms with Crippen LogP contribution in [0.5, 0.6) is 0 Å². The van der Waals surface area contributed by atoms with Crippen LogP contribution in [-0.2, 0) is 0 Å². The number of fused-ring (bicyclic) bond motifs is 1. The van der Waals surface area contributed by atoms with E-state index in [9.17, 15) is 4.79 Å². The molecule has 27 heavy (non-hydrogen) atoms. The molecule has 1 saturated carbocycles. The van der Waals surface area contributed by atoms with E-state index in [2.05, 4.69) is 35.5 Å². The van der Waals surface area contributed by atoms with Crippen LogP contribution in [0.15, 0.2) is 60.3 Å². The van der Waals surface area contributed by atoms with Crippen LogP contribution in [0.2, 0.25) is 5.02 Å². The molecule has 0 radical (unpaired) electrons. The predicted molar refractivity (Wildman–Crippen MR) is 109 cm³/mol. The normalized spacial score (nSPS) is 26.7. The van der Waals surface area contributed by atoms with Crippen LogP contribution in [0.1, 0.15) is 37.0 Å². The Bertz CT molecular complexity index is 865. The number of amides is 1. The summed E-state index contributed by atoms with van der Waals surface area (Å²) in [7, 11) is 0. The van der Waals surface area contributed by atoms with Crippen molar-refractivity contribution in [2.75, 3.05) is 5.32 Å². The summed E-state index contributed by atoms with van der Waals surface area (Å²) >= 11 is 5.91. The highest BCUT2D eigenvalue weighted by Crippen LogP contribution is 2.58. The number of halogens is 1. The smallest absolute Gasteiger partial charge is 0.251 e. The van der Waals surface area contributed by atoms with Crippen LogP contribution in [0.3, 0.4) is 0 Å². The first-order chi connectivity index (χ1) is 13.0. The Morgan fingerprint density at radius 2 is 2.07 bits per heavy atom. The van der Waals surface area contributed by atoms with E-state index in [4.69, 9.17) is 11.6 Å². The summed E-state index contributed by atoms with van der Waals surface area (Å²) in [6, 6.07) is 13.1. The second kappa shape index (κ2) is 7.01. The topological polar surface area (TPSA) is 54.0 Å². The van der Waals surface area contributed by atoms with E-state index in [0.717, 1.165) is 18.7 Å². The summed E-state index contributed by atoms with van der Waals surface area (Å²) in [5.41, 5.74) is 2.05. The van der Waals surface area contributed by atoms with Crippen LogP contribution in [0.25, 0.3) is 0 Å². The molecule has 3 unspecified atom stereocenters. The number of benzene rings is 1. The van der Waals surface area contributed by atoms with Crippen LogP contribution in [0, 0.1) is 11.8 Å². The Labute approximate surface area is 165 Å². The minimum absolute atomic E-state index is 0.0292. The molecule has 4 rings (SSSR count). The van der Waals surface area contributed by atoms with E-state index in [-0.39, 0.29) is 17.5 Å². The molecule has 4 nitrogen and oxygen atoms in total. The molecule has 2 aliphatic rings. The number of aromatic nitrogens is 1. The third-order valence-electron chi connectivity index (χ3n) is 5.64. The quantitative estimate of drug-likeness (QED) is 0.713. The van der Waals surface area contributed by atoms with Crippen LogP contribution < -0.4 is 10.6 Å². The Morgan fingerprint density at radius 1 is 1.30 bits per heavy atom. The molecule has 1 aromatic heterocycles. The largest absolute Gasteiger partial charge is 0.361 e. The molecule has 0 spiro atoms. The van der Waals surface area contributed by atoms with Gasteiger partial charge in [0.1, 0.15) is 5.82 Å². The minimum atomic E-state index is -0.0661.